The van der Waals surface area contributed by atoms with Crippen molar-refractivity contribution in [2.24, 2.45) is 11.1 Å². The first kappa shape index (κ1) is 11.3. The zero-order chi connectivity index (χ0) is 10.9. The van der Waals surface area contributed by atoms with Crippen LogP contribution in [0, 0.1) is 5.41 Å². The van der Waals surface area contributed by atoms with Gasteiger partial charge in [-0.1, -0.05) is 32.4 Å². The number of rotatable bonds is 1. The fraction of sp³-hybridized carbons (Fsp3) is 0.455. The van der Waals surface area contributed by atoms with Gasteiger partial charge in [-0.2, -0.15) is 0 Å². The van der Waals surface area contributed by atoms with Gasteiger partial charge in [-0.25, -0.2) is 0 Å². The average Bonchev–Trinajstić information content (AvgIpc) is 2.06. The summed E-state index contributed by atoms with van der Waals surface area (Å²) in [4.78, 5) is 0. The van der Waals surface area contributed by atoms with Gasteiger partial charge in [0.2, 0.25) is 0 Å². The van der Waals surface area contributed by atoms with Crippen LogP contribution in [0.3, 0.4) is 0 Å². The predicted molar refractivity (Wildman–Crippen MR) is 62.2 cm³/mol. The van der Waals surface area contributed by atoms with Crippen LogP contribution in [-0.2, 0) is 0 Å². The summed E-state index contributed by atoms with van der Waals surface area (Å²) in [6.45, 7) is 6.24. The van der Waals surface area contributed by atoms with Crippen molar-refractivity contribution in [1.29, 1.82) is 0 Å². The summed E-state index contributed by atoms with van der Waals surface area (Å²) in [6, 6.07) is 5.31. The van der Waals surface area contributed by atoms with Crippen molar-refractivity contribution in [2.45, 2.75) is 26.8 Å². The van der Waals surface area contributed by atoms with Crippen molar-refractivity contribution < 1.29 is 0 Å². The minimum absolute atomic E-state index is 0.0151. The first-order chi connectivity index (χ1) is 6.32. The topological polar surface area (TPSA) is 52.0 Å². The average molecular weight is 213 g/mol. The van der Waals surface area contributed by atoms with E-state index in [0.717, 1.165) is 5.56 Å². The van der Waals surface area contributed by atoms with E-state index in [4.69, 9.17) is 23.1 Å². The maximum Gasteiger partial charge on any atom is 0.0410 e. The molecule has 1 aromatic rings. The Morgan fingerprint density at radius 2 is 1.86 bits per heavy atom. The monoisotopic (exact) mass is 212 g/mol. The van der Waals surface area contributed by atoms with Crippen molar-refractivity contribution in [2.75, 3.05) is 5.73 Å². The highest BCUT2D eigenvalue weighted by Gasteiger charge is 2.23. The number of anilines is 1. The lowest BCUT2D eigenvalue weighted by Crippen LogP contribution is -2.27. The van der Waals surface area contributed by atoms with E-state index in [0.29, 0.717) is 10.7 Å². The molecule has 2 nitrogen and oxygen atoms in total. The Morgan fingerprint density at radius 3 is 2.36 bits per heavy atom. The molecule has 0 bridgehead atoms. The second-order valence-electron chi connectivity index (χ2n) is 4.62. The summed E-state index contributed by atoms with van der Waals surface area (Å²) in [5, 5.41) is 0.675. The molecule has 14 heavy (non-hydrogen) atoms. The van der Waals surface area contributed by atoms with E-state index < -0.39 is 0 Å². The second kappa shape index (κ2) is 3.79. The minimum Gasteiger partial charge on any atom is -0.398 e. The van der Waals surface area contributed by atoms with E-state index >= 15 is 0 Å². The lowest BCUT2D eigenvalue weighted by atomic mass is 9.82. The standard InChI is InChI=1S/C11H17ClN2/c1-11(2,3)10(14)8-6-7(12)4-5-9(8)13/h4-6,10H,13-14H2,1-3H3/t10-/m1/s1. The van der Waals surface area contributed by atoms with Crippen molar-refractivity contribution in [3.63, 3.8) is 0 Å². The number of nitrogen functional groups attached to an aromatic ring is 1. The summed E-state index contributed by atoms with van der Waals surface area (Å²) < 4.78 is 0. The first-order valence-electron chi connectivity index (χ1n) is 4.63. The second-order valence-corrected chi connectivity index (χ2v) is 5.05. The van der Waals surface area contributed by atoms with E-state index in [-0.39, 0.29) is 11.5 Å². The maximum atomic E-state index is 6.10. The number of hydrogen-bond acceptors (Lipinski definition) is 2. The molecule has 1 atom stereocenters. The summed E-state index contributed by atoms with van der Waals surface area (Å²) in [5.74, 6) is 0. The molecule has 0 saturated carbocycles. The number of nitrogens with two attached hydrogens (primary N) is 2. The van der Waals surface area contributed by atoms with Gasteiger partial charge < -0.3 is 11.5 Å². The van der Waals surface area contributed by atoms with E-state index in [2.05, 4.69) is 20.8 Å². The fourth-order valence-corrected chi connectivity index (χ4v) is 1.46. The number of benzene rings is 1. The van der Waals surface area contributed by atoms with Crippen LogP contribution in [0.4, 0.5) is 5.69 Å². The zero-order valence-electron chi connectivity index (χ0n) is 8.84. The molecule has 0 aliphatic heterocycles. The Bertz CT molecular complexity index is 329. The molecule has 0 spiro atoms. The van der Waals surface area contributed by atoms with Gasteiger partial charge in [0.25, 0.3) is 0 Å². The molecule has 0 radical (unpaired) electrons. The van der Waals surface area contributed by atoms with Crippen LogP contribution in [-0.4, -0.2) is 0 Å². The normalized spacial score (nSPS) is 14.1. The summed E-state index contributed by atoms with van der Waals surface area (Å²) in [6.07, 6.45) is 0. The van der Waals surface area contributed by atoms with Gasteiger partial charge >= 0.3 is 0 Å². The number of halogens is 1. The SMILES string of the molecule is CC(C)(C)[C@H](N)c1cc(Cl)ccc1N. The van der Waals surface area contributed by atoms with E-state index in [1.54, 1.807) is 12.1 Å². The van der Waals surface area contributed by atoms with Gasteiger partial charge in [-0.05, 0) is 29.2 Å². The maximum absolute atomic E-state index is 6.10. The molecular weight excluding hydrogens is 196 g/mol. The molecule has 0 unspecified atom stereocenters. The van der Waals surface area contributed by atoms with E-state index in [9.17, 15) is 0 Å². The summed E-state index contributed by atoms with van der Waals surface area (Å²) in [7, 11) is 0. The lowest BCUT2D eigenvalue weighted by Gasteiger charge is -2.28. The minimum atomic E-state index is -0.0961. The first-order valence-corrected chi connectivity index (χ1v) is 5.00. The molecule has 4 N–H and O–H groups in total. The lowest BCUT2D eigenvalue weighted by molar-refractivity contribution is 0.328. The molecule has 0 heterocycles. The van der Waals surface area contributed by atoms with Gasteiger partial charge in [0.1, 0.15) is 0 Å². The molecule has 0 amide bonds. The Hall–Kier alpha value is -0.730. The van der Waals surface area contributed by atoms with Crippen LogP contribution < -0.4 is 11.5 Å². The summed E-state index contributed by atoms with van der Waals surface area (Å²) in [5.41, 5.74) is 13.6. The molecular formula is C11H17ClN2. The molecule has 3 heteroatoms. The highest BCUT2D eigenvalue weighted by Crippen LogP contribution is 2.34. The third kappa shape index (κ3) is 2.40. The third-order valence-corrected chi connectivity index (χ3v) is 2.55. The van der Waals surface area contributed by atoms with Crippen LogP contribution >= 0.6 is 11.6 Å². The van der Waals surface area contributed by atoms with Crippen LogP contribution in [0.15, 0.2) is 18.2 Å². The summed E-state index contributed by atoms with van der Waals surface area (Å²) >= 11 is 5.90. The Labute approximate surface area is 90.2 Å². The fourth-order valence-electron chi connectivity index (χ4n) is 1.28. The van der Waals surface area contributed by atoms with Crippen molar-refractivity contribution >= 4 is 17.3 Å². The molecule has 0 aliphatic rings. The molecule has 78 valence electrons. The van der Waals surface area contributed by atoms with Crippen LogP contribution in [0.5, 0.6) is 0 Å². The van der Waals surface area contributed by atoms with Gasteiger partial charge in [-0.15, -0.1) is 0 Å². The van der Waals surface area contributed by atoms with Crippen LogP contribution in [0.1, 0.15) is 32.4 Å². The van der Waals surface area contributed by atoms with Crippen LogP contribution in [0.2, 0.25) is 5.02 Å². The number of hydrogen-bond donors (Lipinski definition) is 2. The van der Waals surface area contributed by atoms with Crippen molar-refractivity contribution in [3.05, 3.63) is 28.8 Å². The molecule has 1 aromatic carbocycles. The molecule has 0 saturated heterocycles. The largest absolute Gasteiger partial charge is 0.398 e. The van der Waals surface area contributed by atoms with E-state index in [1.165, 1.54) is 0 Å². The quantitative estimate of drug-likeness (QED) is 0.704. The van der Waals surface area contributed by atoms with Gasteiger partial charge in [0.15, 0.2) is 0 Å². The van der Waals surface area contributed by atoms with Crippen LogP contribution in [0.25, 0.3) is 0 Å². The Balaban J connectivity index is 3.12. The van der Waals surface area contributed by atoms with Gasteiger partial charge in [0, 0.05) is 16.8 Å². The zero-order valence-corrected chi connectivity index (χ0v) is 9.60. The Morgan fingerprint density at radius 1 is 1.29 bits per heavy atom. The highest BCUT2D eigenvalue weighted by atomic mass is 35.5. The Kier molecular flexibility index (Phi) is 3.07. The smallest absolute Gasteiger partial charge is 0.0410 e. The molecule has 0 aliphatic carbocycles. The molecule has 0 fully saturated rings. The highest BCUT2D eigenvalue weighted by molar-refractivity contribution is 6.30. The van der Waals surface area contributed by atoms with Gasteiger partial charge in [-0.3, -0.25) is 0 Å². The van der Waals surface area contributed by atoms with Gasteiger partial charge in [0.05, 0.1) is 0 Å². The molecule has 1 rings (SSSR count). The molecule has 0 aromatic heterocycles. The van der Waals surface area contributed by atoms with Crippen molar-refractivity contribution in [1.82, 2.24) is 0 Å². The van der Waals surface area contributed by atoms with E-state index in [1.807, 2.05) is 6.07 Å². The third-order valence-electron chi connectivity index (χ3n) is 2.32. The predicted octanol–water partition coefficient (Wildman–Crippen LogP) is 2.97. The van der Waals surface area contributed by atoms with Crippen molar-refractivity contribution in [3.8, 4) is 0 Å².